The fourth-order valence-electron chi connectivity index (χ4n) is 1.86. The van der Waals surface area contributed by atoms with Crippen LogP contribution in [0.1, 0.15) is 9.67 Å². The van der Waals surface area contributed by atoms with E-state index < -0.39 is 0 Å². The van der Waals surface area contributed by atoms with Gasteiger partial charge in [-0.3, -0.25) is 4.79 Å². The second kappa shape index (κ2) is 6.84. The van der Waals surface area contributed by atoms with Crippen molar-refractivity contribution in [3.63, 3.8) is 0 Å². The number of rotatable bonds is 5. The highest BCUT2D eigenvalue weighted by atomic mass is 32.2. The first-order valence-corrected chi connectivity index (χ1v) is 8.22. The summed E-state index contributed by atoms with van der Waals surface area (Å²) in [5, 5.41) is 9.79. The Balaban J connectivity index is 1.83. The van der Waals surface area contributed by atoms with Crippen molar-refractivity contribution in [2.45, 2.75) is 5.22 Å². The van der Waals surface area contributed by atoms with Crippen LogP contribution in [0.15, 0.2) is 45.4 Å². The molecule has 0 amide bonds. The van der Waals surface area contributed by atoms with E-state index in [1.54, 1.807) is 38.5 Å². The highest BCUT2D eigenvalue weighted by molar-refractivity contribution is 8.14. The summed E-state index contributed by atoms with van der Waals surface area (Å²) in [5.74, 6) is 1.49. The maximum Gasteiger partial charge on any atom is 0.284 e. The minimum absolute atomic E-state index is 0.128. The van der Waals surface area contributed by atoms with E-state index in [0.29, 0.717) is 21.9 Å². The number of benzene rings is 1. The summed E-state index contributed by atoms with van der Waals surface area (Å²) < 4.78 is 16.0. The molecule has 0 atom stereocenters. The maximum atomic E-state index is 12.0. The van der Waals surface area contributed by atoms with E-state index >= 15 is 0 Å². The Hall–Kier alpha value is -2.32. The van der Waals surface area contributed by atoms with Gasteiger partial charge in [-0.25, -0.2) is 0 Å². The number of ether oxygens (including phenoxy) is 2. The summed E-state index contributed by atoms with van der Waals surface area (Å²) in [5.41, 5.74) is 0.635. The van der Waals surface area contributed by atoms with Gasteiger partial charge in [0.1, 0.15) is 11.5 Å². The van der Waals surface area contributed by atoms with E-state index in [1.807, 2.05) is 11.4 Å². The van der Waals surface area contributed by atoms with Crippen LogP contribution in [0.3, 0.4) is 0 Å². The maximum absolute atomic E-state index is 12.0. The van der Waals surface area contributed by atoms with Gasteiger partial charge in [0.15, 0.2) is 0 Å². The zero-order valence-corrected chi connectivity index (χ0v) is 13.9. The molecule has 3 aromatic rings. The van der Waals surface area contributed by atoms with Gasteiger partial charge < -0.3 is 13.9 Å². The minimum Gasteiger partial charge on any atom is -0.497 e. The third-order valence-corrected chi connectivity index (χ3v) is 4.69. The standard InChI is InChI=1S/C15H12N2O4S2/c1-19-9-5-6-10(11(8-9)20-2)13-16-17-15(21-13)23-14(18)12-4-3-7-22-12/h3-8H,1-2H3. The van der Waals surface area contributed by atoms with Crippen LogP contribution in [0.5, 0.6) is 11.5 Å². The molecular weight excluding hydrogens is 336 g/mol. The number of carbonyl (C=O) groups excluding carboxylic acids is 1. The van der Waals surface area contributed by atoms with E-state index in [0.717, 1.165) is 11.8 Å². The first-order valence-electron chi connectivity index (χ1n) is 6.53. The molecule has 0 aliphatic rings. The first-order chi connectivity index (χ1) is 11.2. The summed E-state index contributed by atoms with van der Waals surface area (Å²) in [6.45, 7) is 0. The SMILES string of the molecule is COc1ccc(-c2nnc(SC(=O)c3cccs3)o2)c(OC)c1. The van der Waals surface area contributed by atoms with E-state index in [4.69, 9.17) is 13.9 Å². The van der Waals surface area contributed by atoms with E-state index in [2.05, 4.69) is 10.2 Å². The monoisotopic (exact) mass is 348 g/mol. The summed E-state index contributed by atoms with van der Waals surface area (Å²) in [6.07, 6.45) is 0. The number of thioether (sulfide) groups is 1. The Kier molecular flexibility index (Phi) is 4.63. The van der Waals surface area contributed by atoms with Gasteiger partial charge in [0.25, 0.3) is 11.1 Å². The molecule has 1 aromatic carbocycles. The Morgan fingerprint density at radius 1 is 1.22 bits per heavy atom. The fraction of sp³-hybridized carbons (Fsp3) is 0.133. The topological polar surface area (TPSA) is 74.5 Å². The molecule has 6 nitrogen and oxygen atoms in total. The summed E-state index contributed by atoms with van der Waals surface area (Å²) in [6, 6.07) is 8.83. The average molecular weight is 348 g/mol. The number of nitrogens with zero attached hydrogens (tertiary/aromatic N) is 2. The van der Waals surface area contributed by atoms with Crippen LogP contribution in [0, 0.1) is 0 Å². The lowest BCUT2D eigenvalue weighted by Crippen LogP contribution is -1.90. The molecule has 2 aromatic heterocycles. The van der Waals surface area contributed by atoms with E-state index in [-0.39, 0.29) is 16.2 Å². The van der Waals surface area contributed by atoms with Gasteiger partial charge >= 0.3 is 0 Å². The molecule has 8 heteroatoms. The molecule has 2 heterocycles. The Morgan fingerprint density at radius 3 is 2.78 bits per heavy atom. The number of hydrogen-bond acceptors (Lipinski definition) is 8. The van der Waals surface area contributed by atoms with Crippen LogP contribution in [-0.4, -0.2) is 29.5 Å². The van der Waals surface area contributed by atoms with Gasteiger partial charge in [0.05, 0.1) is 24.7 Å². The van der Waals surface area contributed by atoms with Crippen LogP contribution in [0.2, 0.25) is 0 Å². The molecule has 0 aliphatic carbocycles. The number of methoxy groups -OCH3 is 2. The molecule has 0 bridgehead atoms. The van der Waals surface area contributed by atoms with Crippen LogP contribution < -0.4 is 9.47 Å². The number of aromatic nitrogens is 2. The highest BCUT2D eigenvalue weighted by Crippen LogP contribution is 2.34. The Morgan fingerprint density at radius 2 is 2.09 bits per heavy atom. The van der Waals surface area contributed by atoms with E-state index in [1.165, 1.54) is 11.3 Å². The highest BCUT2D eigenvalue weighted by Gasteiger charge is 2.18. The van der Waals surface area contributed by atoms with Crippen molar-refractivity contribution in [3.8, 4) is 23.0 Å². The van der Waals surface area contributed by atoms with Crippen LogP contribution in [0.4, 0.5) is 0 Å². The third kappa shape index (κ3) is 3.38. The molecule has 0 fully saturated rings. The molecule has 0 unspecified atom stereocenters. The van der Waals surface area contributed by atoms with Crippen molar-refractivity contribution >= 4 is 28.2 Å². The number of carbonyl (C=O) groups is 1. The van der Waals surface area contributed by atoms with Gasteiger partial charge in [-0.1, -0.05) is 6.07 Å². The smallest absolute Gasteiger partial charge is 0.284 e. The Labute approximate surface area is 140 Å². The van der Waals surface area contributed by atoms with Crippen molar-refractivity contribution < 1.29 is 18.7 Å². The molecular formula is C15H12N2O4S2. The Bertz CT molecular complexity index is 815. The van der Waals surface area contributed by atoms with Crippen molar-refractivity contribution in [2.75, 3.05) is 14.2 Å². The molecule has 0 spiro atoms. The number of thiophene rings is 1. The second-order valence-electron chi connectivity index (χ2n) is 4.31. The average Bonchev–Trinajstić information content (AvgIpc) is 3.26. The largest absolute Gasteiger partial charge is 0.497 e. The summed E-state index contributed by atoms with van der Waals surface area (Å²) >= 11 is 2.27. The van der Waals surface area contributed by atoms with Crippen LogP contribution in [-0.2, 0) is 0 Å². The zero-order chi connectivity index (χ0) is 16.2. The fourth-order valence-corrected chi connectivity index (χ4v) is 3.22. The molecule has 0 N–H and O–H groups in total. The van der Waals surface area contributed by atoms with Crippen molar-refractivity contribution in [1.29, 1.82) is 0 Å². The molecule has 0 saturated heterocycles. The van der Waals surface area contributed by atoms with Gasteiger partial charge in [0, 0.05) is 17.8 Å². The van der Waals surface area contributed by atoms with Crippen molar-refractivity contribution in [3.05, 3.63) is 40.6 Å². The quantitative estimate of drug-likeness (QED) is 0.650. The molecule has 0 radical (unpaired) electrons. The second-order valence-corrected chi connectivity index (χ2v) is 6.18. The van der Waals surface area contributed by atoms with Crippen LogP contribution in [0.25, 0.3) is 11.5 Å². The summed E-state index contributed by atoms with van der Waals surface area (Å²) in [7, 11) is 3.12. The minimum atomic E-state index is -0.128. The van der Waals surface area contributed by atoms with Crippen molar-refractivity contribution in [2.24, 2.45) is 0 Å². The summed E-state index contributed by atoms with van der Waals surface area (Å²) in [4.78, 5) is 12.7. The molecule has 118 valence electrons. The van der Waals surface area contributed by atoms with E-state index in [9.17, 15) is 4.79 Å². The molecule has 3 rings (SSSR count). The van der Waals surface area contributed by atoms with Crippen LogP contribution >= 0.6 is 23.1 Å². The lowest BCUT2D eigenvalue weighted by Gasteiger charge is -2.07. The molecule has 23 heavy (non-hydrogen) atoms. The van der Waals surface area contributed by atoms with Gasteiger partial charge in [-0.15, -0.1) is 21.5 Å². The predicted molar refractivity (Wildman–Crippen MR) is 87.3 cm³/mol. The third-order valence-electron chi connectivity index (χ3n) is 2.95. The van der Waals surface area contributed by atoms with Gasteiger partial charge in [-0.2, -0.15) is 0 Å². The van der Waals surface area contributed by atoms with Gasteiger partial charge in [-0.05, 0) is 23.6 Å². The zero-order valence-electron chi connectivity index (χ0n) is 12.3. The number of hydrogen-bond donors (Lipinski definition) is 0. The lowest BCUT2D eigenvalue weighted by molar-refractivity contribution is 0.109. The van der Waals surface area contributed by atoms with Crippen molar-refractivity contribution in [1.82, 2.24) is 10.2 Å². The lowest BCUT2D eigenvalue weighted by atomic mass is 10.2. The molecule has 0 aliphatic heterocycles. The predicted octanol–water partition coefficient (Wildman–Crippen LogP) is 3.75. The first kappa shape index (κ1) is 15.6. The molecule has 0 saturated carbocycles. The van der Waals surface area contributed by atoms with Gasteiger partial charge in [0.2, 0.25) is 5.12 Å². The normalized spacial score (nSPS) is 10.5.